The number of para-hydroxylation sites is 1. The lowest BCUT2D eigenvalue weighted by Crippen LogP contribution is -2.46. The van der Waals surface area contributed by atoms with Crippen LogP contribution in [0.4, 0.5) is 0 Å². The van der Waals surface area contributed by atoms with Gasteiger partial charge in [-0.15, -0.1) is 0 Å². The van der Waals surface area contributed by atoms with E-state index in [4.69, 9.17) is 4.74 Å². The van der Waals surface area contributed by atoms with Crippen molar-refractivity contribution in [3.8, 4) is 5.75 Å². The minimum Gasteiger partial charge on any atom is -0.496 e. The van der Waals surface area contributed by atoms with Crippen molar-refractivity contribution in [2.45, 2.75) is 38.3 Å². The first-order chi connectivity index (χ1) is 11.0. The molecule has 2 rings (SSSR count). The third kappa shape index (κ3) is 5.04. The Bertz CT molecular complexity index is 545. The maximum Gasteiger partial charge on any atom is 0.226 e. The molecule has 1 aromatic carbocycles. The molecule has 1 aliphatic heterocycles. The number of amides is 2. The molecule has 0 aromatic heterocycles. The Kier molecular flexibility index (Phi) is 6.12. The van der Waals surface area contributed by atoms with E-state index in [9.17, 15) is 14.7 Å². The average molecular weight is 320 g/mol. The predicted molar refractivity (Wildman–Crippen MR) is 86.0 cm³/mol. The van der Waals surface area contributed by atoms with Crippen LogP contribution in [0.3, 0.4) is 0 Å². The fourth-order valence-electron chi connectivity index (χ4n) is 2.84. The van der Waals surface area contributed by atoms with Crippen LogP contribution in [0, 0.1) is 5.92 Å². The van der Waals surface area contributed by atoms with E-state index in [0.29, 0.717) is 6.54 Å². The summed E-state index contributed by atoms with van der Waals surface area (Å²) in [5.41, 5.74) is 1.09. The lowest BCUT2D eigenvalue weighted by molar-refractivity contribution is -0.136. The van der Waals surface area contributed by atoms with Crippen LogP contribution < -0.4 is 15.4 Å². The number of carbonyl (C=O) groups excluding carboxylic acids is 2. The lowest BCUT2D eigenvalue weighted by atomic mass is 9.91. The Labute approximate surface area is 136 Å². The molecule has 1 aliphatic rings. The van der Waals surface area contributed by atoms with Gasteiger partial charge in [0.2, 0.25) is 11.8 Å². The van der Waals surface area contributed by atoms with Crippen LogP contribution >= 0.6 is 0 Å². The predicted octanol–water partition coefficient (Wildman–Crippen LogP) is 0.629. The van der Waals surface area contributed by atoms with Crippen LogP contribution in [-0.4, -0.2) is 42.7 Å². The van der Waals surface area contributed by atoms with E-state index in [-0.39, 0.29) is 36.6 Å². The monoisotopic (exact) mass is 320 g/mol. The Balaban J connectivity index is 1.82. The van der Waals surface area contributed by atoms with E-state index in [0.717, 1.165) is 17.7 Å². The number of methoxy groups -OCH3 is 1. The second-order valence-corrected chi connectivity index (χ2v) is 6.03. The van der Waals surface area contributed by atoms with E-state index in [2.05, 4.69) is 10.6 Å². The number of ether oxygens (including phenoxy) is 1. The highest BCUT2D eigenvalue weighted by Gasteiger charge is 2.30. The molecule has 23 heavy (non-hydrogen) atoms. The Morgan fingerprint density at radius 1 is 1.30 bits per heavy atom. The van der Waals surface area contributed by atoms with E-state index >= 15 is 0 Å². The summed E-state index contributed by atoms with van der Waals surface area (Å²) < 4.78 is 5.33. The van der Waals surface area contributed by atoms with Crippen molar-refractivity contribution >= 4 is 11.8 Å². The van der Waals surface area contributed by atoms with Crippen molar-refractivity contribution in [2.75, 3.05) is 13.7 Å². The fourth-order valence-corrected chi connectivity index (χ4v) is 2.84. The number of benzene rings is 1. The highest BCUT2D eigenvalue weighted by atomic mass is 16.5. The molecule has 0 bridgehead atoms. The summed E-state index contributed by atoms with van der Waals surface area (Å²) in [6.07, 6.45) is 0.427. The minimum absolute atomic E-state index is 0.133. The number of piperidine rings is 1. The van der Waals surface area contributed by atoms with E-state index in [1.54, 1.807) is 7.11 Å². The molecule has 2 amide bonds. The zero-order valence-electron chi connectivity index (χ0n) is 13.5. The highest BCUT2D eigenvalue weighted by Crippen LogP contribution is 2.20. The third-order valence-corrected chi connectivity index (χ3v) is 4.11. The molecule has 6 nitrogen and oxygen atoms in total. The number of carbonyl (C=O) groups is 2. The van der Waals surface area contributed by atoms with Gasteiger partial charge >= 0.3 is 0 Å². The average Bonchev–Trinajstić information content (AvgIpc) is 2.52. The van der Waals surface area contributed by atoms with Crippen molar-refractivity contribution in [3.63, 3.8) is 0 Å². The SMILES string of the molecule is COc1ccccc1CC(C)NCC(O)C1CC(=O)NC(=O)C1. The molecule has 1 saturated heterocycles. The summed E-state index contributed by atoms with van der Waals surface area (Å²) in [4.78, 5) is 22.7. The number of rotatable bonds is 7. The Morgan fingerprint density at radius 2 is 1.96 bits per heavy atom. The minimum atomic E-state index is -0.717. The van der Waals surface area contributed by atoms with Crippen molar-refractivity contribution in [3.05, 3.63) is 29.8 Å². The van der Waals surface area contributed by atoms with E-state index in [1.807, 2.05) is 31.2 Å². The molecule has 3 N–H and O–H groups in total. The maximum atomic E-state index is 11.4. The van der Waals surface area contributed by atoms with Gasteiger partial charge in [0, 0.05) is 31.3 Å². The van der Waals surface area contributed by atoms with Gasteiger partial charge in [-0.05, 0) is 25.0 Å². The third-order valence-electron chi connectivity index (χ3n) is 4.11. The zero-order chi connectivity index (χ0) is 16.8. The quantitative estimate of drug-likeness (QED) is 0.642. The fraction of sp³-hybridized carbons (Fsp3) is 0.529. The smallest absolute Gasteiger partial charge is 0.226 e. The summed E-state index contributed by atoms with van der Waals surface area (Å²) in [6, 6.07) is 7.95. The first-order valence-corrected chi connectivity index (χ1v) is 7.85. The van der Waals surface area contributed by atoms with Gasteiger partial charge < -0.3 is 15.2 Å². The van der Waals surface area contributed by atoms with Gasteiger partial charge in [-0.2, -0.15) is 0 Å². The van der Waals surface area contributed by atoms with Crippen LogP contribution in [0.25, 0.3) is 0 Å². The second kappa shape index (κ2) is 8.08. The molecular formula is C17H24N2O4. The van der Waals surface area contributed by atoms with Gasteiger partial charge in [0.05, 0.1) is 13.2 Å². The largest absolute Gasteiger partial charge is 0.496 e. The summed E-state index contributed by atoms with van der Waals surface area (Å²) >= 11 is 0. The molecule has 2 atom stereocenters. The van der Waals surface area contributed by atoms with Crippen LogP contribution in [0.15, 0.2) is 24.3 Å². The Morgan fingerprint density at radius 3 is 2.61 bits per heavy atom. The van der Waals surface area contributed by atoms with E-state index < -0.39 is 6.10 Å². The molecule has 0 saturated carbocycles. The summed E-state index contributed by atoms with van der Waals surface area (Å²) in [5, 5.41) is 15.7. The number of nitrogens with one attached hydrogen (secondary N) is 2. The molecule has 0 spiro atoms. The first kappa shape index (κ1) is 17.4. The highest BCUT2D eigenvalue weighted by molar-refractivity contribution is 5.97. The van der Waals surface area contributed by atoms with Crippen LogP contribution in [-0.2, 0) is 16.0 Å². The number of hydrogen-bond acceptors (Lipinski definition) is 5. The molecular weight excluding hydrogens is 296 g/mol. The molecule has 6 heteroatoms. The number of imide groups is 1. The van der Waals surface area contributed by atoms with Gasteiger partial charge in [-0.1, -0.05) is 18.2 Å². The topological polar surface area (TPSA) is 87.7 Å². The van der Waals surface area contributed by atoms with Gasteiger partial charge in [0.25, 0.3) is 0 Å². The summed E-state index contributed by atoms with van der Waals surface area (Å²) in [7, 11) is 1.64. The second-order valence-electron chi connectivity index (χ2n) is 6.03. The number of aliphatic hydroxyl groups excluding tert-OH is 1. The summed E-state index contributed by atoms with van der Waals surface area (Å²) in [5.74, 6) is -0.0989. The molecule has 1 fully saturated rings. The molecule has 0 aliphatic carbocycles. The first-order valence-electron chi connectivity index (χ1n) is 7.85. The molecule has 1 aromatic rings. The van der Waals surface area contributed by atoms with Crippen LogP contribution in [0.5, 0.6) is 5.75 Å². The normalized spacial score (nSPS) is 18.4. The van der Waals surface area contributed by atoms with Crippen molar-refractivity contribution < 1.29 is 19.4 Å². The van der Waals surface area contributed by atoms with Crippen LogP contribution in [0.2, 0.25) is 0 Å². The van der Waals surface area contributed by atoms with Gasteiger partial charge in [-0.25, -0.2) is 0 Å². The van der Waals surface area contributed by atoms with Crippen molar-refractivity contribution in [1.29, 1.82) is 0 Å². The Hall–Kier alpha value is -1.92. The lowest BCUT2D eigenvalue weighted by Gasteiger charge is -2.27. The van der Waals surface area contributed by atoms with Crippen molar-refractivity contribution in [2.24, 2.45) is 5.92 Å². The number of hydrogen-bond donors (Lipinski definition) is 3. The summed E-state index contributed by atoms with van der Waals surface area (Å²) in [6.45, 7) is 2.37. The van der Waals surface area contributed by atoms with Crippen molar-refractivity contribution in [1.82, 2.24) is 10.6 Å². The number of aliphatic hydroxyl groups is 1. The van der Waals surface area contributed by atoms with Crippen LogP contribution in [0.1, 0.15) is 25.3 Å². The van der Waals surface area contributed by atoms with Gasteiger partial charge in [0.1, 0.15) is 5.75 Å². The standard InChI is InChI=1S/C17H24N2O4/c1-11(7-12-5-3-4-6-15(12)23-2)18-10-14(20)13-8-16(21)19-17(22)9-13/h3-6,11,13-14,18,20H,7-10H2,1-2H3,(H,19,21,22). The van der Waals surface area contributed by atoms with Gasteiger partial charge in [-0.3, -0.25) is 14.9 Å². The maximum absolute atomic E-state index is 11.4. The molecule has 126 valence electrons. The van der Waals surface area contributed by atoms with E-state index in [1.165, 1.54) is 0 Å². The zero-order valence-corrected chi connectivity index (χ0v) is 13.5. The molecule has 2 unspecified atom stereocenters. The van der Waals surface area contributed by atoms with Gasteiger partial charge in [0.15, 0.2) is 0 Å². The molecule has 1 heterocycles. The molecule has 0 radical (unpaired) electrons.